The molecule has 2 aromatic rings. The molecule has 2 heterocycles. The first-order chi connectivity index (χ1) is 14.0. The van der Waals surface area contributed by atoms with Gasteiger partial charge in [-0.3, -0.25) is 9.59 Å². The minimum Gasteiger partial charge on any atom is -0.493 e. The van der Waals surface area contributed by atoms with Crippen LogP contribution in [0.4, 0.5) is 5.69 Å². The number of ether oxygens (including phenoxy) is 1. The smallest absolute Gasteiger partial charge is 0.227 e. The number of carbonyl (C=O) groups is 2. The number of benzene rings is 2. The number of rotatable bonds is 4. The van der Waals surface area contributed by atoms with E-state index in [-0.39, 0.29) is 30.2 Å². The fourth-order valence-corrected chi connectivity index (χ4v) is 4.48. The molecule has 0 spiro atoms. The van der Waals surface area contributed by atoms with Crippen LogP contribution < -0.4 is 15.0 Å². The Balaban J connectivity index is 1.51. The third-order valence-electron chi connectivity index (χ3n) is 5.80. The second-order valence-corrected chi connectivity index (χ2v) is 8.16. The van der Waals surface area contributed by atoms with Crippen molar-refractivity contribution in [1.82, 2.24) is 5.32 Å². The predicted molar refractivity (Wildman–Crippen MR) is 113 cm³/mol. The number of halogens is 1. The molecule has 29 heavy (non-hydrogen) atoms. The van der Waals surface area contributed by atoms with Gasteiger partial charge in [-0.1, -0.05) is 36.7 Å². The van der Waals surface area contributed by atoms with Gasteiger partial charge in [0, 0.05) is 35.7 Å². The summed E-state index contributed by atoms with van der Waals surface area (Å²) >= 11 is 6.14. The van der Waals surface area contributed by atoms with E-state index in [1.54, 1.807) is 11.0 Å². The second kappa shape index (κ2) is 8.07. The van der Waals surface area contributed by atoms with Crippen LogP contribution in [-0.4, -0.2) is 25.0 Å². The Labute approximate surface area is 176 Å². The molecule has 1 saturated heterocycles. The van der Waals surface area contributed by atoms with Gasteiger partial charge in [0.2, 0.25) is 11.8 Å². The van der Waals surface area contributed by atoms with Gasteiger partial charge in [-0.05, 0) is 42.7 Å². The van der Waals surface area contributed by atoms with Gasteiger partial charge in [0.05, 0.1) is 18.6 Å². The first kappa shape index (κ1) is 19.8. The van der Waals surface area contributed by atoms with Crippen LogP contribution >= 0.6 is 11.6 Å². The largest absolute Gasteiger partial charge is 0.493 e. The normalized spacial score (nSPS) is 20.9. The lowest BCUT2D eigenvalue weighted by Crippen LogP contribution is -2.37. The summed E-state index contributed by atoms with van der Waals surface area (Å²) in [6.07, 6.45) is 1.76. The number of carbonyl (C=O) groups excluding carboxylic acids is 2. The molecule has 2 atom stereocenters. The Morgan fingerprint density at radius 2 is 2.14 bits per heavy atom. The molecule has 2 aliphatic rings. The van der Waals surface area contributed by atoms with Crippen LogP contribution in [0.1, 0.15) is 42.5 Å². The highest BCUT2D eigenvalue weighted by Gasteiger charge is 2.37. The number of aryl methyl sites for hydroxylation is 2. The van der Waals surface area contributed by atoms with Crippen LogP contribution in [0.15, 0.2) is 36.4 Å². The lowest BCUT2D eigenvalue weighted by atomic mass is 9.99. The van der Waals surface area contributed by atoms with E-state index >= 15 is 0 Å². The molecule has 0 radical (unpaired) electrons. The minimum absolute atomic E-state index is 0.00423. The molecule has 0 aromatic heterocycles. The minimum atomic E-state index is -0.364. The predicted octanol–water partition coefficient (Wildman–Crippen LogP) is 4.20. The van der Waals surface area contributed by atoms with Crippen LogP contribution in [0, 0.1) is 12.8 Å². The number of hydrogen-bond acceptors (Lipinski definition) is 3. The highest BCUT2D eigenvalue weighted by Crippen LogP contribution is 2.35. The van der Waals surface area contributed by atoms with Crippen molar-refractivity contribution in [2.45, 2.75) is 39.2 Å². The summed E-state index contributed by atoms with van der Waals surface area (Å²) in [5.41, 5.74) is 4.04. The number of fused-ring (bicyclic) bond motifs is 1. The first-order valence-electron chi connectivity index (χ1n) is 10.1. The van der Waals surface area contributed by atoms with Crippen LogP contribution in [0.3, 0.4) is 0 Å². The summed E-state index contributed by atoms with van der Waals surface area (Å²) in [5, 5.41) is 3.74. The van der Waals surface area contributed by atoms with Crippen molar-refractivity contribution >= 4 is 29.1 Å². The molecule has 6 heteroatoms. The molecule has 2 aliphatic heterocycles. The maximum atomic E-state index is 13.0. The van der Waals surface area contributed by atoms with Crippen LogP contribution in [-0.2, 0) is 16.0 Å². The van der Waals surface area contributed by atoms with Gasteiger partial charge in [-0.25, -0.2) is 0 Å². The van der Waals surface area contributed by atoms with E-state index in [0.717, 1.165) is 34.5 Å². The van der Waals surface area contributed by atoms with Gasteiger partial charge in [0.25, 0.3) is 0 Å². The zero-order valence-corrected chi connectivity index (χ0v) is 17.5. The molecule has 0 aliphatic carbocycles. The van der Waals surface area contributed by atoms with Crippen molar-refractivity contribution in [2.24, 2.45) is 5.92 Å². The maximum absolute atomic E-state index is 13.0. The molecule has 2 unspecified atom stereocenters. The van der Waals surface area contributed by atoms with Gasteiger partial charge in [-0.15, -0.1) is 0 Å². The Bertz CT molecular complexity index is 959. The van der Waals surface area contributed by atoms with Crippen LogP contribution in [0.25, 0.3) is 0 Å². The lowest BCUT2D eigenvalue weighted by Gasteiger charge is -2.28. The molecule has 0 bridgehead atoms. The average molecular weight is 413 g/mol. The fraction of sp³-hybridized carbons (Fsp3) is 0.391. The van der Waals surface area contributed by atoms with Crippen LogP contribution in [0.5, 0.6) is 5.75 Å². The highest BCUT2D eigenvalue weighted by molar-refractivity contribution is 6.30. The molecular formula is C23H25ClN2O3. The number of nitrogens with one attached hydrogen (secondary N) is 1. The summed E-state index contributed by atoms with van der Waals surface area (Å²) in [6.45, 7) is 5.04. The van der Waals surface area contributed by atoms with E-state index in [9.17, 15) is 9.59 Å². The maximum Gasteiger partial charge on any atom is 0.227 e. The Kier molecular flexibility index (Phi) is 5.50. The zero-order chi connectivity index (χ0) is 20.5. The average Bonchev–Trinajstić information content (AvgIpc) is 3.09. The van der Waals surface area contributed by atoms with Gasteiger partial charge in [0.15, 0.2) is 0 Å². The van der Waals surface area contributed by atoms with Gasteiger partial charge in [0.1, 0.15) is 5.75 Å². The summed E-state index contributed by atoms with van der Waals surface area (Å²) < 4.78 is 5.67. The van der Waals surface area contributed by atoms with Crippen molar-refractivity contribution in [3.05, 3.63) is 58.1 Å². The number of hydrogen-bond donors (Lipinski definition) is 1. The summed E-state index contributed by atoms with van der Waals surface area (Å²) in [4.78, 5) is 27.5. The first-order valence-corrected chi connectivity index (χ1v) is 10.5. The van der Waals surface area contributed by atoms with E-state index in [4.69, 9.17) is 16.3 Å². The molecule has 5 nitrogen and oxygen atoms in total. The molecule has 1 fully saturated rings. The molecule has 1 N–H and O–H groups in total. The Hall–Kier alpha value is -2.53. The standard InChI is InChI=1S/C23H25ClN2O3/c1-3-15-6-4-5-14(2)22(15)26-13-16(11-21(26)27)23(28)25-19-9-10-29-20-8-7-17(24)12-18(19)20/h4-8,12,16,19H,3,9-11,13H2,1-2H3,(H,25,28). The number of nitrogens with zero attached hydrogens (tertiary/aromatic N) is 1. The van der Waals surface area contributed by atoms with E-state index in [1.165, 1.54) is 0 Å². The monoisotopic (exact) mass is 412 g/mol. The summed E-state index contributed by atoms with van der Waals surface area (Å²) in [5.74, 6) is 0.301. The Morgan fingerprint density at radius 1 is 1.31 bits per heavy atom. The van der Waals surface area contributed by atoms with Gasteiger partial charge < -0.3 is 15.0 Å². The summed E-state index contributed by atoms with van der Waals surface area (Å²) in [7, 11) is 0. The van der Waals surface area contributed by atoms with E-state index < -0.39 is 0 Å². The molecule has 152 valence electrons. The van der Waals surface area contributed by atoms with Gasteiger partial charge in [-0.2, -0.15) is 0 Å². The van der Waals surface area contributed by atoms with Crippen molar-refractivity contribution in [3.63, 3.8) is 0 Å². The van der Waals surface area contributed by atoms with Crippen LogP contribution in [0.2, 0.25) is 5.02 Å². The fourth-order valence-electron chi connectivity index (χ4n) is 4.30. The second-order valence-electron chi connectivity index (χ2n) is 7.72. The third-order valence-corrected chi connectivity index (χ3v) is 6.03. The Morgan fingerprint density at radius 3 is 2.93 bits per heavy atom. The molecule has 2 amide bonds. The highest BCUT2D eigenvalue weighted by atomic mass is 35.5. The van der Waals surface area contributed by atoms with Crippen molar-refractivity contribution < 1.29 is 14.3 Å². The molecule has 4 rings (SSSR count). The van der Waals surface area contributed by atoms with E-state index in [2.05, 4.69) is 12.2 Å². The SMILES string of the molecule is CCc1cccc(C)c1N1CC(C(=O)NC2CCOc3ccc(Cl)cc32)CC1=O. The molecular weight excluding hydrogens is 388 g/mol. The topological polar surface area (TPSA) is 58.6 Å². The number of anilines is 1. The molecule has 2 aromatic carbocycles. The lowest BCUT2D eigenvalue weighted by molar-refractivity contribution is -0.127. The zero-order valence-electron chi connectivity index (χ0n) is 16.7. The van der Waals surface area contributed by atoms with E-state index in [1.807, 2.05) is 37.3 Å². The quantitative estimate of drug-likeness (QED) is 0.818. The molecule has 0 saturated carbocycles. The van der Waals surface area contributed by atoms with Crippen molar-refractivity contribution in [2.75, 3.05) is 18.1 Å². The number of amides is 2. The summed E-state index contributed by atoms with van der Waals surface area (Å²) in [6, 6.07) is 11.4. The number of para-hydroxylation sites is 1. The van der Waals surface area contributed by atoms with Crippen molar-refractivity contribution in [1.29, 1.82) is 0 Å². The van der Waals surface area contributed by atoms with Gasteiger partial charge >= 0.3 is 0 Å². The van der Waals surface area contributed by atoms with Crippen molar-refractivity contribution in [3.8, 4) is 5.75 Å². The third kappa shape index (κ3) is 3.84. The van der Waals surface area contributed by atoms with E-state index in [0.29, 0.717) is 24.6 Å².